The molecule has 4 atom stereocenters. The molecule has 4 heterocycles. The van der Waals surface area contributed by atoms with Crippen LogP contribution in [0.4, 0.5) is 5.82 Å². The number of pyridine rings is 1. The summed E-state index contributed by atoms with van der Waals surface area (Å²) >= 11 is 7.51. The maximum atomic E-state index is 13.6. The van der Waals surface area contributed by atoms with Crippen molar-refractivity contribution in [1.29, 1.82) is 0 Å². The fraction of sp³-hybridized carbons (Fsp3) is 0.417. The molecule has 14 heteroatoms. The van der Waals surface area contributed by atoms with Crippen molar-refractivity contribution in [3.05, 3.63) is 68.0 Å². The Bertz CT molecular complexity index is 1470. The standard InChI is InChI=1S/C24H26ClN5O6S2/c1-12-16(23-17-7-21(25)27-8-13(17)2-3-36-23)6-20(37-12)22(32)18-10-26-11-28-24(18)30-15-4-14(19(31)5-15)9-29-38(33,34)35/h6-8,10-11,14-15,19,23,29,31H,2-5,9H2,1H3,(H,26,28,30)(H,33,34,35)/t14-,15-,19+,23+/m1/s1. The first-order valence-corrected chi connectivity index (χ1v) is 14.6. The van der Waals surface area contributed by atoms with E-state index in [-0.39, 0.29) is 30.0 Å². The number of halogens is 1. The first kappa shape index (κ1) is 27.1. The molecule has 3 aromatic rings. The average Bonchev–Trinajstić information content (AvgIpc) is 3.43. The van der Waals surface area contributed by atoms with Gasteiger partial charge in [-0.25, -0.2) is 15.0 Å². The number of ether oxygens (including phenoxy) is 1. The number of carbonyl (C=O) groups excluding carboxylic acids is 1. The number of aliphatic hydroxyl groups excluding tert-OH is 1. The van der Waals surface area contributed by atoms with E-state index >= 15 is 0 Å². The van der Waals surface area contributed by atoms with Crippen LogP contribution in [0.1, 0.15) is 55.7 Å². The molecule has 0 radical (unpaired) electrons. The number of hydrogen-bond acceptors (Lipinski definition) is 10. The molecule has 0 bridgehead atoms. The molecule has 3 aromatic heterocycles. The zero-order valence-corrected chi connectivity index (χ0v) is 22.7. The van der Waals surface area contributed by atoms with E-state index in [4.69, 9.17) is 20.9 Å². The fourth-order valence-electron chi connectivity index (χ4n) is 5.02. The van der Waals surface area contributed by atoms with E-state index in [1.54, 1.807) is 12.3 Å². The normalized spacial score (nSPS) is 23.3. The minimum atomic E-state index is -4.35. The number of anilines is 1. The van der Waals surface area contributed by atoms with Crippen molar-refractivity contribution >= 4 is 44.8 Å². The van der Waals surface area contributed by atoms with Crippen LogP contribution < -0.4 is 10.0 Å². The second kappa shape index (κ2) is 10.9. The number of carbonyl (C=O) groups is 1. The average molecular weight is 580 g/mol. The monoisotopic (exact) mass is 579 g/mol. The van der Waals surface area contributed by atoms with Crippen molar-refractivity contribution in [2.75, 3.05) is 18.5 Å². The van der Waals surface area contributed by atoms with Crippen LogP contribution in [0.3, 0.4) is 0 Å². The molecular weight excluding hydrogens is 554 g/mol. The zero-order chi connectivity index (χ0) is 27.0. The van der Waals surface area contributed by atoms with Gasteiger partial charge in [0.05, 0.1) is 23.2 Å². The Morgan fingerprint density at radius 2 is 2.05 bits per heavy atom. The summed E-state index contributed by atoms with van der Waals surface area (Å²) in [6.07, 6.45) is 4.90. The molecule has 0 aromatic carbocycles. The van der Waals surface area contributed by atoms with Crippen molar-refractivity contribution in [3.8, 4) is 0 Å². The molecule has 2 aliphatic rings. The minimum Gasteiger partial charge on any atom is -0.393 e. The van der Waals surface area contributed by atoms with E-state index in [0.717, 1.165) is 28.0 Å². The Labute approximate surface area is 228 Å². The van der Waals surface area contributed by atoms with Crippen LogP contribution in [0, 0.1) is 12.8 Å². The maximum Gasteiger partial charge on any atom is 0.333 e. The highest BCUT2D eigenvalue weighted by Gasteiger charge is 2.34. The predicted octanol–water partition coefficient (Wildman–Crippen LogP) is 2.73. The smallest absolute Gasteiger partial charge is 0.333 e. The van der Waals surface area contributed by atoms with Crippen LogP contribution in [0.2, 0.25) is 5.15 Å². The van der Waals surface area contributed by atoms with Crippen LogP contribution in [0.25, 0.3) is 0 Å². The summed E-state index contributed by atoms with van der Waals surface area (Å²) in [6, 6.07) is 3.39. The highest BCUT2D eigenvalue weighted by Crippen LogP contribution is 2.39. The molecule has 1 aliphatic heterocycles. The Morgan fingerprint density at radius 3 is 2.84 bits per heavy atom. The topological polar surface area (TPSA) is 164 Å². The van der Waals surface area contributed by atoms with Gasteiger partial charge in [0.1, 0.15) is 23.4 Å². The van der Waals surface area contributed by atoms with Gasteiger partial charge in [0, 0.05) is 35.8 Å². The van der Waals surface area contributed by atoms with Crippen LogP contribution >= 0.6 is 22.9 Å². The number of nitrogens with zero attached hydrogens (tertiary/aromatic N) is 3. The van der Waals surface area contributed by atoms with Gasteiger partial charge in [-0.1, -0.05) is 11.6 Å². The van der Waals surface area contributed by atoms with Crippen molar-refractivity contribution in [2.45, 2.75) is 44.4 Å². The molecule has 1 fully saturated rings. The van der Waals surface area contributed by atoms with Gasteiger partial charge in [-0.15, -0.1) is 11.3 Å². The Morgan fingerprint density at radius 1 is 1.24 bits per heavy atom. The molecule has 0 spiro atoms. The highest BCUT2D eigenvalue weighted by atomic mass is 35.5. The van der Waals surface area contributed by atoms with E-state index in [2.05, 4.69) is 20.3 Å². The molecule has 0 saturated heterocycles. The highest BCUT2D eigenvalue weighted by molar-refractivity contribution is 7.83. The van der Waals surface area contributed by atoms with E-state index in [9.17, 15) is 18.3 Å². The maximum absolute atomic E-state index is 13.6. The van der Waals surface area contributed by atoms with E-state index < -0.39 is 22.3 Å². The number of aromatic nitrogens is 3. The summed E-state index contributed by atoms with van der Waals surface area (Å²) in [4.78, 5) is 27.5. The number of aryl methyl sites for hydroxylation is 1. The van der Waals surface area contributed by atoms with Crippen LogP contribution in [-0.2, 0) is 21.5 Å². The number of nitrogens with one attached hydrogen (secondary N) is 2. The minimum absolute atomic E-state index is 0.0986. The van der Waals surface area contributed by atoms with Gasteiger partial charge in [-0.2, -0.15) is 13.1 Å². The lowest BCUT2D eigenvalue weighted by atomic mass is 9.94. The van der Waals surface area contributed by atoms with Crippen molar-refractivity contribution in [3.63, 3.8) is 0 Å². The molecule has 38 heavy (non-hydrogen) atoms. The van der Waals surface area contributed by atoms with Gasteiger partial charge < -0.3 is 15.2 Å². The molecule has 4 N–H and O–H groups in total. The van der Waals surface area contributed by atoms with Gasteiger partial charge in [-0.3, -0.25) is 9.35 Å². The van der Waals surface area contributed by atoms with Gasteiger partial charge >= 0.3 is 10.3 Å². The van der Waals surface area contributed by atoms with Crippen LogP contribution in [-0.4, -0.2) is 64.1 Å². The van der Waals surface area contributed by atoms with E-state index in [0.29, 0.717) is 35.3 Å². The number of hydrogen-bond donors (Lipinski definition) is 4. The molecule has 5 rings (SSSR count). The molecule has 202 valence electrons. The second-order valence-electron chi connectivity index (χ2n) is 9.41. The summed E-state index contributed by atoms with van der Waals surface area (Å²) in [7, 11) is -4.35. The Hall–Kier alpha value is -2.52. The van der Waals surface area contributed by atoms with Crippen molar-refractivity contribution in [1.82, 2.24) is 19.7 Å². The first-order valence-electron chi connectivity index (χ1n) is 12.0. The van der Waals surface area contributed by atoms with Crippen LogP contribution in [0.15, 0.2) is 30.9 Å². The van der Waals surface area contributed by atoms with Gasteiger partial charge in [0.15, 0.2) is 0 Å². The quantitative estimate of drug-likeness (QED) is 0.177. The number of aliphatic hydroxyl groups is 1. The number of ketones is 1. The second-order valence-corrected chi connectivity index (χ2v) is 12.3. The Balaban J connectivity index is 1.35. The fourth-order valence-corrected chi connectivity index (χ4v) is 6.61. The molecule has 1 saturated carbocycles. The predicted molar refractivity (Wildman–Crippen MR) is 141 cm³/mol. The lowest BCUT2D eigenvalue weighted by Crippen LogP contribution is -2.32. The number of thiophene rings is 1. The summed E-state index contributed by atoms with van der Waals surface area (Å²) in [6.45, 7) is 2.38. The number of fused-ring (bicyclic) bond motifs is 1. The zero-order valence-electron chi connectivity index (χ0n) is 20.3. The molecule has 0 amide bonds. The largest absolute Gasteiger partial charge is 0.393 e. The van der Waals surface area contributed by atoms with Gasteiger partial charge in [0.2, 0.25) is 5.78 Å². The van der Waals surface area contributed by atoms with Crippen molar-refractivity contribution < 1.29 is 27.6 Å². The summed E-state index contributed by atoms with van der Waals surface area (Å²) in [5.41, 5.74) is 3.18. The van der Waals surface area contributed by atoms with Gasteiger partial charge in [-0.05, 0) is 55.0 Å². The Kier molecular flexibility index (Phi) is 7.78. The molecule has 0 unspecified atom stereocenters. The summed E-state index contributed by atoms with van der Waals surface area (Å²) in [5.74, 6) is -0.324. The summed E-state index contributed by atoms with van der Waals surface area (Å²) in [5, 5.41) is 13.9. The third-order valence-electron chi connectivity index (χ3n) is 6.87. The molecule has 11 nitrogen and oxygen atoms in total. The third-order valence-corrected chi connectivity index (χ3v) is 8.68. The number of rotatable bonds is 8. The lowest BCUT2D eigenvalue weighted by Gasteiger charge is -2.26. The lowest BCUT2D eigenvalue weighted by molar-refractivity contribution is 0.0695. The molecular formula is C24H26ClN5O6S2. The first-order chi connectivity index (χ1) is 18.1. The molecule has 1 aliphatic carbocycles. The third kappa shape index (κ3) is 5.88. The van der Waals surface area contributed by atoms with Crippen molar-refractivity contribution in [2.24, 2.45) is 5.92 Å². The summed E-state index contributed by atoms with van der Waals surface area (Å²) < 4.78 is 39.0. The SMILES string of the molecule is Cc1sc(C(=O)c2cncnc2N[C@@H]2C[C@H](CNS(=O)(=O)O)[C@@H](O)C2)cc1[C@@H]1OCCc2cnc(Cl)cc21. The van der Waals surface area contributed by atoms with E-state index in [1.807, 2.05) is 17.7 Å². The van der Waals surface area contributed by atoms with Crippen LogP contribution in [0.5, 0.6) is 0 Å². The van der Waals surface area contributed by atoms with E-state index in [1.165, 1.54) is 23.9 Å². The van der Waals surface area contributed by atoms with Gasteiger partial charge in [0.25, 0.3) is 0 Å².